The van der Waals surface area contributed by atoms with Crippen LogP contribution in [0.1, 0.15) is 41.3 Å². The molecule has 2 aromatic carbocycles. The van der Waals surface area contributed by atoms with E-state index in [0.29, 0.717) is 21.9 Å². The molecule has 0 saturated heterocycles. The summed E-state index contributed by atoms with van der Waals surface area (Å²) in [7, 11) is 1.58. The van der Waals surface area contributed by atoms with Crippen LogP contribution in [0, 0.1) is 0 Å². The Kier molecular flexibility index (Phi) is 4.29. The third kappa shape index (κ3) is 2.65. The number of Topliss-reactive ketones (excluding diaryl/α,β-unsaturated/α-hetero) is 2. The fourth-order valence-corrected chi connectivity index (χ4v) is 3.43. The molecule has 2 aromatic rings. The van der Waals surface area contributed by atoms with Gasteiger partial charge in [0, 0.05) is 16.2 Å². The van der Waals surface area contributed by atoms with E-state index in [1.54, 1.807) is 31.4 Å². The number of ketones is 2. The van der Waals surface area contributed by atoms with Crippen molar-refractivity contribution in [2.45, 2.75) is 19.8 Å². The quantitative estimate of drug-likeness (QED) is 0.758. The molecule has 1 atom stereocenters. The zero-order chi connectivity index (χ0) is 17.4. The van der Waals surface area contributed by atoms with E-state index in [1.165, 1.54) is 6.92 Å². The molecule has 24 heavy (non-hydrogen) atoms. The van der Waals surface area contributed by atoms with Gasteiger partial charge in [0.15, 0.2) is 11.6 Å². The number of carbonyl (C=O) groups excluding carboxylic acids is 2. The van der Waals surface area contributed by atoms with Gasteiger partial charge in [-0.3, -0.25) is 9.59 Å². The zero-order valence-electron chi connectivity index (χ0n) is 13.7. The number of hydrogen-bond donors (Lipinski definition) is 0. The molecular formula is C20H17ClO3. The molecule has 3 rings (SSSR count). The molecule has 1 aliphatic rings. The molecule has 122 valence electrons. The molecule has 0 fully saturated rings. The first-order valence-electron chi connectivity index (χ1n) is 7.64. The minimum absolute atomic E-state index is 0.0353. The lowest BCUT2D eigenvalue weighted by atomic mass is 9.88. The normalized spacial score (nSPS) is 16.1. The number of ether oxygens (including phenoxy) is 1. The Labute approximate surface area is 145 Å². The molecule has 0 spiro atoms. The van der Waals surface area contributed by atoms with Crippen LogP contribution in [0.25, 0.3) is 5.57 Å². The number of halogens is 1. The first kappa shape index (κ1) is 16.5. The molecule has 0 aliphatic heterocycles. The van der Waals surface area contributed by atoms with Crippen molar-refractivity contribution in [3.8, 4) is 5.75 Å². The van der Waals surface area contributed by atoms with Gasteiger partial charge in [-0.05, 0) is 66.9 Å². The second-order valence-electron chi connectivity index (χ2n) is 5.87. The summed E-state index contributed by atoms with van der Waals surface area (Å²) in [6.45, 7) is 3.37. The van der Waals surface area contributed by atoms with Gasteiger partial charge in [0.05, 0.1) is 13.0 Å². The van der Waals surface area contributed by atoms with Crippen LogP contribution >= 0.6 is 11.6 Å². The highest BCUT2D eigenvalue weighted by Crippen LogP contribution is 2.45. The monoisotopic (exact) mass is 340 g/mol. The summed E-state index contributed by atoms with van der Waals surface area (Å²) in [6.07, 6.45) is 0. The van der Waals surface area contributed by atoms with Crippen LogP contribution in [0.5, 0.6) is 5.75 Å². The van der Waals surface area contributed by atoms with E-state index in [-0.39, 0.29) is 11.6 Å². The molecule has 1 unspecified atom stereocenters. The summed E-state index contributed by atoms with van der Waals surface area (Å²) >= 11 is 5.90. The van der Waals surface area contributed by atoms with Gasteiger partial charge in [0.25, 0.3) is 0 Å². The Morgan fingerprint density at radius 3 is 2.33 bits per heavy atom. The van der Waals surface area contributed by atoms with E-state index < -0.39 is 5.92 Å². The standard InChI is InChI=1S/C20H17ClO3/c1-11-18(12(2)22)17-10-15(24-3)8-9-16(17)19(11)20(23)13-4-6-14(21)7-5-13/h4-10,19H,1-3H3. The molecule has 3 nitrogen and oxygen atoms in total. The summed E-state index contributed by atoms with van der Waals surface area (Å²) in [5.41, 5.74) is 3.60. The first-order chi connectivity index (χ1) is 11.4. The van der Waals surface area contributed by atoms with Crippen molar-refractivity contribution >= 4 is 28.7 Å². The van der Waals surface area contributed by atoms with Crippen molar-refractivity contribution in [3.63, 3.8) is 0 Å². The Morgan fingerprint density at radius 1 is 1.08 bits per heavy atom. The fourth-order valence-electron chi connectivity index (χ4n) is 3.31. The number of methoxy groups -OCH3 is 1. The summed E-state index contributed by atoms with van der Waals surface area (Å²) in [5, 5.41) is 0.583. The minimum atomic E-state index is -0.453. The number of hydrogen-bond acceptors (Lipinski definition) is 3. The average molecular weight is 341 g/mol. The van der Waals surface area contributed by atoms with E-state index >= 15 is 0 Å². The summed E-state index contributed by atoms with van der Waals surface area (Å²) in [5.74, 6) is 0.131. The highest BCUT2D eigenvalue weighted by atomic mass is 35.5. The maximum absolute atomic E-state index is 13.0. The minimum Gasteiger partial charge on any atom is -0.497 e. The third-order valence-electron chi connectivity index (χ3n) is 4.41. The van der Waals surface area contributed by atoms with Crippen molar-refractivity contribution < 1.29 is 14.3 Å². The third-order valence-corrected chi connectivity index (χ3v) is 4.66. The SMILES string of the molecule is COc1ccc2c(c1)C(C(C)=O)=C(C)C2C(=O)c1ccc(Cl)cc1. The van der Waals surface area contributed by atoms with Gasteiger partial charge >= 0.3 is 0 Å². The number of carbonyl (C=O) groups is 2. The molecule has 1 aliphatic carbocycles. The highest BCUT2D eigenvalue weighted by Gasteiger charge is 2.36. The molecule has 4 heteroatoms. The van der Waals surface area contributed by atoms with Crippen molar-refractivity contribution in [1.29, 1.82) is 0 Å². The number of benzene rings is 2. The fraction of sp³-hybridized carbons (Fsp3) is 0.200. The Morgan fingerprint density at radius 2 is 1.75 bits per heavy atom. The zero-order valence-corrected chi connectivity index (χ0v) is 14.5. The van der Waals surface area contributed by atoms with E-state index in [4.69, 9.17) is 16.3 Å². The maximum atomic E-state index is 13.0. The van der Waals surface area contributed by atoms with Gasteiger partial charge in [0.2, 0.25) is 0 Å². The number of fused-ring (bicyclic) bond motifs is 1. The van der Waals surface area contributed by atoms with Gasteiger partial charge < -0.3 is 4.74 Å². The molecule has 0 saturated carbocycles. The van der Waals surface area contributed by atoms with E-state index in [0.717, 1.165) is 16.7 Å². The summed E-state index contributed by atoms with van der Waals surface area (Å²) in [4.78, 5) is 25.2. The topological polar surface area (TPSA) is 43.4 Å². The largest absolute Gasteiger partial charge is 0.497 e. The molecule has 0 amide bonds. The van der Waals surface area contributed by atoms with E-state index in [1.807, 2.05) is 25.1 Å². The van der Waals surface area contributed by atoms with Gasteiger partial charge in [-0.2, -0.15) is 0 Å². The first-order valence-corrected chi connectivity index (χ1v) is 8.01. The lowest BCUT2D eigenvalue weighted by molar-refractivity contribution is -0.111. The van der Waals surface area contributed by atoms with Crippen LogP contribution in [0.15, 0.2) is 48.0 Å². The molecule has 0 N–H and O–H groups in total. The molecular weight excluding hydrogens is 324 g/mol. The Hall–Kier alpha value is -2.39. The van der Waals surface area contributed by atoms with E-state index in [2.05, 4.69) is 0 Å². The van der Waals surface area contributed by atoms with Crippen molar-refractivity contribution in [2.75, 3.05) is 7.11 Å². The maximum Gasteiger partial charge on any atom is 0.174 e. The smallest absolute Gasteiger partial charge is 0.174 e. The molecule has 0 aromatic heterocycles. The van der Waals surface area contributed by atoms with Gasteiger partial charge in [-0.15, -0.1) is 0 Å². The van der Waals surface area contributed by atoms with Gasteiger partial charge in [0.1, 0.15) is 5.75 Å². The molecule has 0 bridgehead atoms. The lowest BCUT2D eigenvalue weighted by Crippen LogP contribution is -2.12. The van der Waals surface area contributed by atoms with Crippen LogP contribution in [-0.2, 0) is 4.79 Å². The van der Waals surface area contributed by atoms with Crippen molar-refractivity contribution in [3.05, 3.63) is 69.8 Å². The number of rotatable bonds is 4. The van der Waals surface area contributed by atoms with E-state index in [9.17, 15) is 9.59 Å². The average Bonchev–Trinajstić information content (AvgIpc) is 2.85. The molecule has 0 heterocycles. The van der Waals surface area contributed by atoms with Crippen molar-refractivity contribution in [2.24, 2.45) is 0 Å². The predicted molar refractivity (Wildman–Crippen MR) is 94.8 cm³/mol. The van der Waals surface area contributed by atoms with Crippen LogP contribution < -0.4 is 4.74 Å². The van der Waals surface area contributed by atoms with Gasteiger partial charge in [-0.1, -0.05) is 17.7 Å². The lowest BCUT2D eigenvalue weighted by Gasteiger charge is -2.14. The van der Waals surface area contributed by atoms with Crippen LogP contribution in [0.3, 0.4) is 0 Å². The Bertz CT molecular complexity index is 863. The Balaban J connectivity index is 2.14. The predicted octanol–water partition coefficient (Wildman–Crippen LogP) is 4.69. The summed E-state index contributed by atoms with van der Waals surface area (Å²) in [6, 6.07) is 12.3. The van der Waals surface area contributed by atoms with Crippen LogP contribution in [0.4, 0.5) is 0 Å². The van der Waals surface area contributed by atoms with Crippen LogP contribution in [-0.4, -0.2) is 18.7 Å². The highest BCUT2D eigenvalue weighted by molar-refractivity contribution is 6.30. The van der Waals surface area contributed by atoms with Gasteiger partial charge in [-0.25, -0.2) is 0 Å². The second kappa shape index (κ2) is 6.25. The summed E-state index contributed by atoms with van der Waals surface area (Å²) < 4.78 is 5.26. The molecule has 0 radical (unpaired) electrons. The van der Waals surface area contributed by atoms with Crippen molar-refractivity contribution in [1.82, 2.24) is 0 Å². The number of allylic oxidation sites excluding steroid dienone is 2. The second-order valence-corrected chi connectivity index (χ2v) is 6.31. The van der Waals surface area contributed by atoms with Crippen LogP contribution in [0.2, 0.25) is 5.02 Å².